The van der Waals surface area contributed by atoms with Crippen molar-refractivity contribution in [2.24, 2.45) is 7.05 Å². The van der Waals surface area contributed by atoms with Gasteiger partial charge < -0.3 is 10.2 Å². The number of aryl methyl sites for hydroxylation is 2. The zero-order valence-corrected chi connectivity index (χ0v) is 9.28. The van der Waals surface area contributed by atoms with Crippen molar-refractivity contribution in [3.05, 3.63) is 17.0 Å². The molecule has 0 aromatic carbocycles. The van der Waals surface area contributed by atoms with E-state index < -0.39 is 12.2 Å². The highest BCUT2D eigenvalue weighted by Crippen LogP contribution is 2.24. The van der Waals surface area contributed by atoms with Crippen LogP contribution in [0, 0.1) is 13.8 Å². The maximum atomic E-state index is 9.78. The first kappa shape index (κ1) is 11.5. The predicted molar refractivity (Wildman–Crippen MR) is 54.4 cm³/mol. The fourth-order valence-electron chi connectivity index (χ4n) is 1.49. The minimum atomic E-state index is -0.957. The van der Waals surface area contributed by atoms with Crippen LogP contribution in [-0.4, -0.2) is 32.0 Å². The Morgan fingerprint density at radius 3 is 2.36 bits per heavy atom. The van der Waals surface area contributed by atoms with Gasteiger partial charge in [-0.1, -0.05) is 0 Å². The van der Waals surface area contributed by atoms with Crippen molar-refractivity contribution in [1.82, 2.24) is 9.78 Å². The summed E-state index contributed by atoms with van der Waals surface area (Å²) in [6.45, 7) is 3.64. The lowest BCUT2D eigenvalue weighted by atomic mass is 10.0. The molecule has 1 rings (SSSR count). The average molecular weight is 219 g/mol. The topological polar surface area (TPSA) is 58.3 Å². The van der Waals surface area contributed by atoms with Crippen molar-refractivity contribution in [3.63, 3.8) is 0 Å². The molecule has 0 radical (unpaired) electrons. The molecule has 0 aliphatic rings. The van der Waals surface area contributed by atoms with Crippen LogP contribution in [0.2, 0.25) is 0 Å². The molecule has 2 atom stereocenters. The summed E-state index contributed by atoms with van der Waals surface area (Å²) >= 11 is 5.47. The molecule has 0 amide bonds. The highest BCUT2D eigenvalue weighted by Gasteiger charge is 2.23. The van der Waals surface area contributed by atoms with E-state index in [0.717, 1.165) is 11.4 Å². The third kappa shape index (κ3) is 1.92. The van der Waals surface area contributed by atoms with Gasteiger partial charge in [0.15, 0.2) is 0 Å². The average Bonchev–Trinajstić information content (AvgIpc) is 2.39. The minimum Gasteiger partial charge on any atom is -0.389 e. The maximum absolute atomic E-state index is 9.78. The molecule has 0 bridgehead atoms. The van der Waals surface area contributed by atoms with E-state index in [0.29, 0.717) is 5.56 Å². The molecule has 0 saturated carbocycles. The van der Waals surface area contributed by atoms with Gasteiger partial charge in [-0.3, -0.25) is 4.68 Å². The maximum Gasteiger partial charge on any atom is 0.110 e. The van der Waals surface area contributed by atoms with Crippen LogP contribution in [-0.2, 0) is 7.05 Å². The summed E-state index contributed by atoms with van der Waals surface area (Å²) in [5.74, 6) is 0.00887. The summed E-state index contributed by atoms with van der Waals surface area (Å²) in [4.78, 5) is 0. The van der Waals surface area contributed by atoms with Crippen molar-refractivity contribution in [3.8, 4) is 0 Å². The molecule has 0 spiro atoms. The van der Waals surface area contributed by atoms with Crippen molar-refractivity contribution >= 4 is 11.6 Å². The molecule has 1 aromatic rings. The van der Waals surface area contributed by atoms with E-state index in [4.69, 9.17) is 11.6 Å². The van der Waals surface area contributed by atoms with Crippen LogP contribution in [0.3, 0.4) is 0 Å². The second-order valence-electron chi connectivity index (χ2n) is 3.37. The van der Waals surface area contributed by atoms with E-state index in [9.17, 15) is 10.2 Å². The molecule has 0 aliphatic carbocycles. The summed E-state index contributed by atoms with van der Waals surface area (Å²) in [6, 6.07) is 0. The Balaban J connectivity index is 3.05. The quantitative estimate of drug-likeness (QED) is 0.734. The zero-order chi connectivity index (χ0) is 10.9. The molecule has 2 N–H and O–H groups in total. The van der Waals surface area contributed by atoms with Crippen LogP contribution < -0.4 is 0 Å². The van der Waals surface area contributed by atoms with Gasteiger partial charge in [-0.15, -0.1) is 11.6 Å². The molecule has 1 heterocycles. The zero-order valence-electron chi connectivity index (χ0n) is 8.53. The molecule has 0 saturated heterocycles. The first-order chi connectivity index (χ1) is 6.49. The monoisotopic (exact) mass is 218 g/mol. The lowest BCUT2D eigenvalue weighted by Gasteiger charge is -2.15. The lowest BCUT2D eigenvalue weighted by Crippen LogP contribution is -2.20. The van der Waals surface area contributed by atoms with Crippen molar-refractivity contribution < 1.29 is 10.2 Å². The van der Waals surface area contributed by atoms with Crippen LogP contribution in [0.15, 0.2) is 0 Å². The fourth-order valence-corrected chi connectivity index (χ4v) is 1.66. The number of aromatic nitrogens is 2. The van der Waals surface area contributed by atoms with E-state index in [-0.39, 0.29) is 5.88 Å². The molecule has 1 aromatic heterocycles. The summed E-state index contributed by atoms with van der Waals surface area (Å²) in [5, 5.41) is 23.3. The van der Waals surface area contributed by atoms with Gasteiger partial charge in [0.25, 0.3) is 0 Å². The van der Waals surface area contributed by atoms with E-state index in [2.05, 4.69) is 5.10 Å². The number of rotatable bonds is 3. The van der Waals surface area contributed by atoms with Gasteiger partial charge >= 0.3 is 0 Å². The van der Waals surface area contributed by atoms with Crippen molar-refractivity contribution in [1.29, 1.82) is 0 Å². The van der Waals surface area contributed by atoms with Gasteiger partial charge in [0.05, 0.1) is 17.7 Å². The second kappa shape index (κ2) is 4.29. The Hall–Kier alpha value is -0.580. The van der Waals surface area contributed by atoms with E-state index >= 15 is 0 Å². The summed E-state index contributed by atoms with van der Waals surface area (Å²) < 4.78 is 1.68. The third-order valence-corrected chi connectivity index (χ3v) is 2.70. The van der Waals surface area contributed by atoms with E-state index in [1.807, 2.05) is 6.92 Å². The van der Waals surface area contributed by atoms with E-state index in [1.54, 1.807) is 18.7 Å². The van der Waals surface area contributed by atoms with Crippen molar-refractivity contribution in [2.45, 2.75) is 26.1 Å². The third-order valence-electron chi connectivity index (χ3n) is 2.38. The van der Waals surface area contributed by atoms with Gasteiger partial charge in [0, 0.05) is 18.3 Å². The number of nitrogens with zero attached hydrogens (tertiary/aromatic N) is 2. The molecule has 0 fully saturated rings. The first-order valence-electron chi connectivity index (χ1n) is 4.41. The number of alkyl halides is 1. The van der Waals surface area contributed by atoms with Crippen LogP contribution in [0.4, 0.5) is 0 Å². The Labute approximate surface area is 88.1 Å². The molecular weight excluding hydrogens is 204 g/mol. The Morgan fingerprint density at radius 1 is 1.43 bits per heavy atom. The molecule has 14 heavy (non-hydrogen) atoms. The Morgan fingerprint density at radius 2 is 2.00 bits per heavy atom. The standard InChI is InChI=1S/C9H15ClN2O2/c1-5-8(6(2)12(3)11-5)9(14)7(13)4-10/h7,9,13-14H,4H2,1-3H3. The van der Waals surface area contributed by atoms with Gasteiger partial charge in [0.2, 0.25) is 0 Å². The molecule has 2 unspecified atom stereocenters. The van der Waals surface area contributed by atoms with Gasteiger partial charge in [-0.05, 0) is 13.8 Å². The Kier molecular flexibility index (Phi) is 3.53. The summed E-state index contributed by atoms with van der Waals surface area (Å²) in [6.07, 6.45) is -1.90. The first-order valence-corrected chi connectivity index (χ1v) is 4.94. The molecule has 4 nitrogen and oxygen atoms in total. The number of hydrogen-bond acceptors (Lipinski definition) is 3. The van der Waals surface area contributed by atoms with Crippen LogP contribution in [0.5, 0.6) is 0 Å². The lowest BCUT2D eigenvalue weighted by molar-refractivity contribution is 0.0319. The van der Waals surface area contributed by atoms with Gasteiger partial charge in [0.1, 0.15) is 6.10 Å². The molecular formula is C9H15ClN2O2. The molecule has 5 heteroatoms. The summed E-state index contributed by atoms with van der Waals surface area (Å²) in [5.41, 5.74) is 2.24. The molecule has 0 aliphatic heterocycles. The number of hydrogen-bond donors (Lipinski definition) is 2. The van der Waals surface area contributed by atoms with Crippen LogP contribution in [0.25, 0.3) is 0 Å². The largest absolute Gasteiger partial charge is 0.389 e. The normalized spacial score (nSPS) is 15.6. The van der Waals surface area contributed by atoms with Crippen LogP contribution in [0.1, 0.15) is 23.1 Å². The fraction of sp³-hybridized carbons (Fsp3) is 0.667. The molecule has 80 valence electrons. The SMILES string of the molecule is Cc1nn(C)c(C)c1C(O)C(O)CCl. The predicted octanol–water partition coefficient (Wildman–Crippen LogP) is 0.670. The number of aliphatic hydroxyl groups excluding tert-OH is 2. The van der Waals surface area contributed by atoms with Gasteiger partial charge in [-0.25, -0.2) is 0 Å². The summed E-state index contributed by atoms with van der Waals surface area (Å²) in [7, 11) is 1.80. The highest BCUT2D eigenvalue weighted by molar-refractivity contribution is 6.18. The highest BCUT2D eigenvalue weighted by atomic mass is 35.5. The van der Waals surface area contributed by atoms with Crippen molar-refractivity contribution in [2.75, 3.05) is 5.88 Å². The second-order valence-corrected chi connectivity index (χ2v) is 3.68. The number of aliphatic hydroxyl groups is 2. The number of halogens is 1. The van der Waals surface area contributed by atoms with Crippen LogP contribution >= 0.6 is 11.6 Å². The van der Waals surface area contributed by atoms with E-state index in [1.165, 1.54) is 0 Å². The Bertz CT molecular complexity index is 325. The minimum absolute atomic E-state index is 0.00887. The smallest absolute Gasteiger partial charge is 0.110 e. The van der Waals surface area contributed by atoms with Gasteiger partial charge in [-0.2, -0.15) is 5.10 Å².